The summed E-state index contributed by atoms with van der Waals surface area (Å²) in [6.45, 7) is 8.61. The molecule has 90 valence electrons. The van der Waals surface area contributed by atoms with E-state index in [0.29, 0.717) is 31.8 Å². The molecule has 0 aromatic carbocycles. The van der Waals surface area contributed by atoms with E-state index >= 15 is 0 Å². The lowest BCUT2D eigenvalue weighted by Crippen LogP contribution is -2.44. The van der Waals surface area contributed by atoms with E-state index in [1.807, 2.05) is 13.8 Å². The normalized spacial score (nSPS) is 16.7. The van der Waals surface area contributed by atoms with Crippen molar-refractivity contribution in [2.24, 2.45) is 11.3 Å². The number of hydrogen-bond donors (Lipinski definition) is 2. The highest BCUT2D eigenvalue weighted by Gasteiger charge is 2.56. The van der Waals surface area contributed by atoms with Gasteiger partial charge in [0.1, 0.15) is 5.41 Å². The largest absolute Gasteiger partial charge is 0.355 e. The lowest BCUT2D eigenvalue weighted by Gasteiger charge is -2.15. The number of amides is 2. The molecule has 1 aliphatic rings. The van der Waals surface area contributed by atoms with E-state index in [9.17, 15) is 9.59 Å². The van der Waals surface area contributed by atoms with Crippen molar-refractivity contribution in [2.75, 3.05) is 13.1 Å². The summed E-state index contributed by atoms with van der Waals surface area (Å²) < 4.78 is 0. The van der Waals surface area contributed by atoms with Crippen LogP contribution in [-0.4, -0.2) is 24.9 Å². The van der Waals surface area contributed by atoms with Gasteiger partial charge in [-0.15, -0.1) is 6.58 Å². The summed E-state index contributed by atoms with van der Waals surface area (Å²) in [6, 6.07) is 0. The highest BCUT2D eigenvalue weighted by molar-refractivity contribution is 6.07. The molecule has 0 aromatic rings. The first-order valence-corrected chi connectivity index (χ1v) is 5.70. The zero-order valence-electron chi connectivity index (χ0n) is 10.0. The quantitative estimate of drug-likeness (QED) is 0.519. The summed E-state index contributed by atoms with van der Waals surface area (Å²) in [5.41, 5.74) is -0.794. The fraction of sp³-hybridized carbons (Fsp3) is 0.667. The first-order chi connectivity index (χ1) is 7.53. The fourth-order valence-electron chi connectivity index (χ4n) is 1.48. The van der Waals surface area contributed by atoms with Gasteiger partial charge in [-0.05, 0) is 18.8 Å². The predicted molar refractivity (Wildman–Crippen MR) is 62.7 cm³/mol. The van der Waals surface area contributed by atoms with Crippen LogP contribution in [-0.2, 0) is 9.59 Å². The minimum absolute atomic E-state index is 0.136. The molecule has 0 spiro atoms. The van der Waals surface area contributed by atoms with Gasteiger partial charge >= 0.3 is 0 Å². The van der Waals surface area contributed by atoms with Crippen LogP contribution >= 0.6 is 0 Å². The third-order valence-electron chi connectivity index (χ3n) is 2.70. The maximum atomic E-state index is 11.8. The van der Waals surface area contributed by atoms with E-state index in [0.717, 1.165) is 0 Å². The van der Waals surface area contributed by atoms with Gasteiger partial charge < -0.3 is 10.6 Å². The Morgan fingerprint density at radius 3 is 2.31 bits per heavy atom. The smallest absolute Gasteiger partial charge is 0.235 e. The van der Waals surface area contributed by atoms with Crippen molar-refractivity contribution in [3.8, 4) is 0 Å². The van der Waals surface area contributed by atoms with E-state index in [1.165, 1.54) is 0 Å². The van der Waals surface area contributed by atoms with Gasteiger partial charge in [0.05, 0.1) is 0 Å². The average molecular weight is 224 g/mol. The minimum Gasteiger partial charge on any atom is -0.355 e. The molecule has 16 heavy (non-hydrogen) atoms. The van der Waals surface area contributed by atoms with Gasteiger partial charge in [-0.3, -0.25) is 9.59 Å². The van der Waals surface area contributed by atoms with Gasteiger partial charge in [-0.1, -0.05) is 19.9 Å². The first-order valence-electron chi connectivity index (χ1n) is 5.70. The minimum atomic E-state index is -0.794. The molecule has 0 saturated heterocycles. The SMILES string of the molecule is C=CCNC(=O)C1(C(=O)NCC(C)C)CC1. The molecule has 2 N–H and O–H groups in total. The zero-order chi connectivity index (χ0) is 12.2. The number of nitrogens with one attached hydrogen (secondary N) is 2. The van der Waals surface area contributed by atoms with Crippen LogP contribution in [0, 0.1) is 11.3 Å². The van der Waals surface area contributed by atoms with Crippen molar-refractivity contribution in [2.45, 2.75) is 26.7 Å². The Hall–Kier alpha value is -1.32. The summed E-state index contributed by atoms with van der Waals surface area (Å²) in [5.74, 6) is 0.0902. The highest BCUT2D eigenvalue weighted by Crippen LogP contribution is 2.46. The maximum Gasteiger partial charge on any atom is 0.235 e. The molecular formula is C12H20N2O2. The molecule has 0 atom stereocenters. The average Bonchev–Trinajstić information content (AvgIpc) is 3.03. The van der Waals surface area contributed by atoms with Gasteiger partial charge in [0.15, 0.2) is 0 Å². The van der Waals surface area contributed by atoms with Crippen LogP contribution in [0.1, 0.15) is 26.7 Å². The first kappa shape index (κ1) is 12.7. The molecule has 1 fully saturated rings. The molecule has 0 heterocycles. The highest BCUT2D eigenvalue weighted by atomic mass is 16.2. The Bertz CT molecular complexity index is 293. The van der Waals surface area contributed by atoms with Crippen molar-refractivity contribution in [3.63, 3.8) is 0 Å². The Balaban J connectivity index is 2.47. The lowest BCUT2D eigenvalue weighted by atomic mass is 10.0. The molecule has 0 aliphatic heterocycles. The second-order valence-electron chi connectivity index (χ2n) is 4.68. The van der Waals surface area contributed by atoms with Gasteiger partial charge in [0, 0.05) is 13.1 Å². The van der Waals surface area contributed by atoms with E-state index < -0.39 is 5.41 Å². The second kappa shape index (κ2) is 5.14. The van der Waals surface area contributed by atoms with Crippen LogP contribution in [0.2, 0.25) is 0 Å². The fourth-order valence-corrected chi connectivity index (χ4v) is 1.48. The number of hydrogen-bond acceptors (Lipinski definition) is 2. The topological polar surface area (TPSA) is 58.2 Å². The molecule has 4 heteroatoms. The van der Waals surface area contributed by atoms with Crippen LogP contribution < -0.4 is 10.6 Å². The summed E-state index contributed by atoms with van der Waals surface area (Å²) in [5, 5.41) is 5.50. The van der Waals surface area contributed by atoms with Gasteiger partial charge in [-0.25, -0.2) is 0 Å². The van der Waals surface area contributed by atoms with Crippen LogP contribution in [0.3, 0.4) is 0 Å². The van der Waals surface area contributed by atoms with E-state index in [1.54, 1.807) is 6.08 Å². The van der Waals surface area contributed by atoms with E-state index in [-0.39, 0.29) is 11.8 Å². The standard InChI is InChI=1S/C12H20N2O2/c1-4-7-13-10(15)12(5-6-12)11(16)14-8-9(2)3/h4,9H,1,5-8H2,2-3H3,(H,13,15)(H,14,16). The van der Waals surface area contributed by atoms with Crippen molar-refractivity contribution in [1.82, 2.24) is 10.6 Å². The van der Waals surface area contributed by atoms with Crippen LogP contribution in [0.25, 0.3) is 0 Å². The molecule has 1 rings (SSSR count). The second-order valence-corrected chi connectivity index (χ2v) is 4.68. The van der Waals surface area contributed by atoms with E-state index in [4.69, 9.17) is 0 Å². The Morgan fingerprint density at radius 1 is 1.31 bits per heavy atom. The molecule has 0 bridgehead atoms. The van der Waals surface area contributed by atoms with Crippen LogP contribution in [0.5, 0.6) is 0 Å². The third-order valence-corrected chi connectivity index (χ3v) is 2.70. The van der Waals surface area contributed by atoms with Crippen LogP contribution in [0.4, 0.5) is 0 Å². The molecule has 1 aliphatic carbocycles. The summed E-state index contributed by atoms with van der Waals surface area (Å²) in [4.78, 5) is 23.6. The van der Waals surface area contributed by atoms with Crippen LogP contribution in [0.15, 0.2) is 12.7 Å². The lowest BCUT2D eigenvalue weighted by molar-refractivity contribution is -0.137. The molecule has 0 aromatic heterocycles. The summed E-state index contributed by atoms with van der Waals surface area (Å²) in [6.07, 6.45) is 2.92. The third kappa shape index (κ3) is 2.84. The maximum absolute atomic E-state index is 11.8. The van der Waals surface area contributed by atoms with Gasteiger partial charge in [-0.2, -0.15) is 0 Å². The Morgan fingerprint density at radius 2 is 1.88 bits per heavy atom. The molecular weight excluding hydrogens is 204 g/mol. The zero-order valence-corrected chi connectivity index (χ0v) is 10.0. The number of carbonyl (C=O) groups excluding carboxylic acids is 2. The molecule has 0 unspecified atom stereocenters. The number of carbonyl (C=O) groups is 2. The summed E-state index contributed by atoms with van der Waals surface area (Å²) >= 11 is 0. The van der Waals surface area contributed by atoms with Crippen molar-refractivity contribution < 1.29 is 9.59 Å². The molecule has 4 nitrogen and oxygen atoms in total. The Kier molecular flexibility index (Phi) is 4.10. The molecule has 2 amide bonds. The van der Waals surface area contributed by atoms with Crippen molar-refractivity contribution in [3.05, 3.63) is 12.7 Å². The number of rotatable bonds is 6. The monoisotopic (exact) mass is 224 g/mol. The summed E-state index contributed by atoms with van der Waals surface area (Å²) in [7, 11) is 0. The van der Waals surface area contributed by atoms with E-state index in [2.05, 4.69) is 17.2 Å². The molecule has 1 saturated carbocycles. The van der Waals surface area contributed by atoms with Crippen molar-refractivity contribution in [1.29, 1.82) is 0 Å². The predicted octanol–water partition coefficient (Wildman–Crippen LogP) is 0.841. The molecule has 0 radical (unpaired) electrons. The van der Waals surface area contributed by atoms with Crippen molar-refractivity contribution >= 4 is 11.8 Å². The Labute approximate surface area is 96.5 Å². The van der Waals surface area contributed by atoms with Gasteiger partial charge in [0.25, 0.3) is 0 Å². The van der Waals surface area contributed by atoms with Gasteiger partial charge in [0.2, 0.25) is 11.8 Å².